The molecule has 0 bridgehead atoms. The molecule has 0 saturated carbocycles. The van der Waals surface area contributed by atoms with Gasteiger partial charge >= 0.3 is 0 Å². The maximum Gasteiger partial charge on any atom is 0.123 e. The first-order chi connectivity index (χ1) is 4.33. The standard InChI is InChI=1S/C7H7FS/c8-7-3-1-6(5-9)2-4-7/h1-4,9H,5H2. The first kappa shape index (κ1) is 6.62. The van der Waals surface area contributed by atoms with Gasteiger partial charge in [0.15, 0.2) is 0 Å². The molecule has 1 aromatic rings. The molecule has 0 heterocycles. The van der Waals surface area contributed by atoms with E-state index in [1.54, 1.807) is 12.1 Å². The van der Waals surface area contributed by atoms with Crippen molar-refractivity contribution in [3.63, 3.8) is 0 Å². The van der Waals surface area contributed by atoms with E-state index in [0.29, 0.717) is 5.75 Å². The van der Waals surface area contributed by atoms with E-state index < -0.39 is 0 Å². The largest absolute Gasteiger partial charge is 0.207 e. The number of hydrogen-bond acceptors (Lipinski definition) is 1. The summed E-state index contributed by atoms with van der Waals surface area (Å²) in [6.07, 6.45) is 0. The monoisotopic (exact) mass is 142 g/mol. The van der Waals surface area contributed by atoms with Crippen LogP contribution in [0.5, 0.6) is 0 Å². The average molecular weight is 142 g/mol. The lowest BCUT2D eigenvalue weighted by Crippen LogP contribution is -1.76. The van der Waals surface area contributed by atoms with Crippen molar-refractivity contribution in [2.45, 2.75) is 5.75 Å². The fourth-order valence-corrected chi connectivity index (χ4v) is 0.801. The molecule has 0 aromatic heterocycles. The Morgan fingerprint density at radius 3 is 2.22 bits per heavy atom. The van der Waals surface area contributed by atoms with Crippen molar-refractivity contribution in [3.8, 4) is 0 Å². The maximum atomic E-state index is 12.2. The zero-order valence-corrected chi connectivity index (χ0v) is 5.74. The van der Waals surface area contributed by atoms with Gasteiger partial charge in [-0.05, 0) is 17.7 Å². The summed E-state index contributed by atoms with van der Waals surface area (Å²) in [5, 5.41) is 0. The molecule has 1 rings (SSSR count). The van der Waals surface area contributed by atoms with Crippen LogP contribution in [0.3, 0.4) is 0 Å². The van der Waals surface area contributed by atoms with Gasteiger partial charge < -0.3 is 0 Å². The molecule has 0 aliphatic heterocycles. The highest BCUT2D eigenvalue weighted by Crippen LogP contribution is 2.04. The third-order valence-corrected chi connectivity index (χ3v) is 1.46. The Labute approximate surface area is 59.1 Å². The Morgan fingerprint density at radius 1 is 1.22 bits per heavy atom. The Kier molecular flexibility index (Phi) is 2.11. The summed E-state index contributed by atoms with van der Waals surface area (Å²) in [4.78, 5) is 0. The summed E-state index contributed by atoms with van der Waals surface area (Å²) in [6.45, 7) is 0. The highest BCUT2D eigenvalue weighted by Gasteiger charge is 1.88. The summed E-state index contributed by atoms with van der Waals surface area (Å²) in [7, 11) is 0. The van der Waals surface area contributed by atoms with Gasteiger partial charge in [-0.3, -0.25) is 0 Å². The average Bonchev–Trinajstić information content (AvgIpc) is 1.90. The predicted molar refractivity (Wildman–Crippen MR) is 39.1 cm³/mol. The van der Waals surface area contributed by atoms with Crippen molar-refractivity contribution in [1.29, 1.82) is 0 Å². The summed E-state index contributed by atoms with van der Waals surface area (Å²) in [5.41, 5.74) is 1.04. The van der Waals surface area contributed by atoms with Crippen molar-refractivity contribution in [2.75, 3.05) is 0 Å². The smallest absolute Gasteiger partial charge is 0.123 e. The Balaban J connectivity index is 2.88. The number of benzene rings is 1. The lowest BCUT2D eigenvalue weighted by molar-refractivity contribution is 0.627. The van der Waals surface area contributed by atoms with Crippen LogP contribution in [0.4, 0.5) is 4.39 Å². The van der Waals surface area contributed by atoms with Gasteiger partial charge in [-0.1, -0.05) is 12.1 Å². The van der Waals surface area contributed by atoms with Crippen molar-refractivity contribution < 1.29 is 4.39 Å². The van der Waals surface area contributed by atoms with E-state index >= 15 is 0 Å². The minimum Gasteiger partial charge on any atom is -0.207 e. The Morgan fingerprint density at radius 2 is 1.78 bits per heavy atom. The first-order valence-corrected chi connectivity index (χ1v) is 3.31. The summed E-state index contributed by atoms with van der Waals surface area (Å²) >= 11 is 4.02. The van der Waals surface area contributed by atoms with Crippen LogP contribution in [0.2, 0.25) is 0 Å². The van der Waals surface area contributed by atoms with Gasteiger partial charge in [-0.2, -0.15) is 12.6 Å². The normalized spacial score (nSPS) is 9.56. The second-order valence-electron chi connectivity index (χ2n) is 1.78. The zero-order valence-electron chi connectivity index (χ0n) is 4.84. The molecule has 0 nitrogen and oxygen atoms in total. The first-order valence-electron chi connectivity index (χ1n) is 2.68. The van der Waals surface area contributed by atoms with Crippen molar-refractivity contribution in [1.82, 2.24) is 0 Å². The summed E-state index contributed by atoms with van der Waals surface area (Å²) < 4.78 is 12.2. The Hall–Kier alpha value is -0.500. The highest BCUT2D eigenvalue weighted by atomic mass is 32.1. The van der Waals surface area contributed by atoms with Gasteiger partial charge in [0.25, 0.3) is 0 Å². The highest BCUT2D eigenvalue weighted by molar-refractivity contribution is 7.79. The van der Waals surface area contributed by atoms with E-state index in [2.05, 4.69) is 12.6 Å². The zero-order chi connectivity index (χ0) is 6.69. The molecule has 0 atom stereocenters. The van der Waals surface area contributed by atoms with E-state index in [-0.39, 0.29) is 5.82 Å². The van der Waals surface area contributed by atoms with Gasteiger partial charge in [-0.25, -0.2) is 4.39 Å². The van der Waals surface area contributed by atoms with Gasteiger partial charge in [0.2, 0.25) is 0 Å². The molecule has 48 valence electrons. The van der Waals surface area contributed by atoms with Crippen LogP contribution in [-0.2, 0) is 5.75 Å². The van der Waals surface area contributed by atoms with Crippen LogP contribution >= 0.6 is 12.6 Å². The SMILES string of the molecule is Fc1ccc(CS)cc1. The molecule has 0 aliphatic carbocycles. The van der Waals surface area contributed by atoms with Crippen LogP contribution in [-0.4, -0.2) is 0 Å². The van der Waals surface area contributed by atoms with Gasteiger partial charge in [0.1, 0.15) is 5.82 Å². The van der Waals surface area contributed by atoms with E-state index in [1.165, 1.54) is 12.1 Å². The Bertz CT molecular complexity index is 181. The van der Waals surface area contributed by atoms with Crippen molar-refractivity contribution in [3.05, 3.63) is 35.6 Å². The fraction of sp³-hybridized carbons (Fsp3) is 0.143. The van der Waals surface area contributed by atoms with E-state index in [1.807, 2.05) is 0 Å². The summed E-state index contributed by atoms with van der Waals surface area (Å²) in [5.74, 6) is 0.473. The van der Waals surface area contributed by atoms with Gasteiger partial charge in [-0.15, -0.1) is 0 Å². The van der Waals surface area contributed by atoms with Crippen LogP contribution < -0.4 is 0 Å². The predicted octanol–water partition coefficient (Wildman–Crippen LogP) is 2.26. The lowest BCUT2D eigenvalue weighted by atomic mass is 10.2. The number of halogens is 1. The van der Waals surface area contributed by atoms with E-state index in [4.69, 9.17) is 0 Å². The van der Waals surface area contributed by atoms with E-state index in [9.17, 15) is 4.39 Å². The van der Waals surface area contributed by atoms with Crippen LogP contribution in [0.15, 0.2) is 24.3 Å². The molecule has 0 radical (unpaired) electrons. The van der Waals surface area contributed by atoms with Gasteiger partial charge in [0.05, 0.1) is 0 Å². The molecular formula is C7H7FS. The topological polar surface area (TPSA) is 0 Å². The third-order valence-electron chi connectivity index (χ3n) is 1.10. The van der Waals surface area contributed by atoms with Crippen LogP contribution in [0.1, 0.15) is 5.56 Å². The summed E-state index contributed by atoms with van der Waals surface area (Å²) in [6, 6.07) is 6.32. The number of rotatable bonds is 1. The molecule has 0 aliphatic rings. The fourth-order valence-electron chi connectivity index (χ4n) is 0.590. The molecule has 0 fully saturated rings. The molecule has 0 spiro atoms. The quantitative estimate of drug-likeness (QED) is 0.571. The third kappa shape index (κ3) is 1.72. The molecule has 0 amide bonds. The molecule has 0 saturated heterocycles. The minimum atomic E-state index is -0.194. The lowest BCUT2D eigenvalue weighted by Gasteiger charge is -1.91. The van der Waals surface area contributed by atoms with E-state index in [0.717, 1.165) is 5.56 Å². The van der Waals surface area contributed by atoms with Crippen molar-refractivity contribution >= 4 is 12.6 Å². The minimum absolute atomic E-state index is 0.194. The van der Waals surface area contributed by atoms with Crippen LogP contribution in [0, 0.1) is 5.82 Å². The molecule has 1 aromatic carbocycles. The number of hydrogen-bond donors (Lipinski definition) is 1. The molecular weight excluding hydrogens is 135 g/mol. The second kappa shape index (κ2) is 2.87. The molecule has 2 heteroatoms. The second-order valence-corrected chi connectivity index (χ2v) is 2.10. The molecule has 0 N–H and O–H groups in total. The molecule has 0 unspecified atom stereocenters. The number of thiol groups is 1. The van der Waals surface area contributed by atoms with Crippen molar-refractivity contribution in [2.24, 2.45) is 0 Å². The maximum absolute atomic E-state index is 12.2. The van der Waals surface area contributed by atoms with Gasteiger partial charge in [0, 0.05) is 5.75 Å². The molecule has 9 heavy (non-hydrogen) atoms. The van der Waals surface area contributed by atoms with Crippen LogP contribution in [0.25, 0.3) is 0 Å².